The quantitative estimate of drug-likeness (QED) is 0.881. The number of aryl methyl sites for hydroxylation is 2. The van der Waals surface area contributed by atoms with Crippen LogP contribution < -0.4 is 5.32 Å². The summed E-state index contributed by atoms with van der Waals surface area (Å²) in [5.74, 6) is -0.186. The molecule has 4 rings (SSSR count). The Balaban J connectivity index is 1.62. The Morgan fingerprint density at radius 1 is 1.30 bits per heavy atom. The van der Waals surface area contributed by atoms with Crippen LogP contribution in [0.15, 0.2) is 0 Å². The maximum absolute atomic E-state index is 13.2. The van der Waals surface area contributed by atoms with E-state index in [1.165, 1.54) is 0 Å². The lowest BCUT2D eigenvalue weighted by molar-refractivity contribution is -0.127. The molecular formula is C20H27N5O2. The maximum atomic E-state index is 13.2. The van der Waals surface area contributed by atoms with Crippen molar-refractivity contribution in [3.63, 3.8) is 0 Å². The fourth-order valence-electron chi connectivity index (χ4n) is 5.55. The minimum Gasteiger partial charge on any atom is -0.349 e. The lowest BCUT2D eigenvalue weighted by Gasteiger charge is -2.27. The minimum absolute atomic E-state index is 0.00494. The fourth-order valence-corrected chi connectivity index (χ4v) is 5.55. The minimum atomic E-state index is -0.905. The Morgan fingerprint density at radius 2 is 1.96 bits per heavy atom. The van der Waals surface area contributed by atoms with E-state index in [0.29, 0.717) is 6.42 Å². The molecule has 1 aromatic heterocycles. The number of nitrogens with zero attached hydrogens (tertiary/aromatic N) is 4. The van der Waals surface area contributed by atoms with E-state index in [-0.39, 0.29) is 35.7 Å². The van der Waals surface area contributed by atoms with Crippen LogP contribution in [0.4, 0.5) is 0 Å². The number of hydrogen-bond acceptors (Lipinski definition) is 4. The van der Waals surface area contributed by atoms with E-state index in [1.54, 1.807) is 11.9 Å². The molecule has 7 nitrogen and oxygen atoms in total. The Morgan fingerprint density at radius 3 is 2.52 bits per heavy atom. The number of likely N-dealkylation sites (tertiary alicyclic amines) is 1. The van der Waals surface area contributed by atoms with Crippen molar-refractivity contribution >= 4 is 11.8 Å². The largest absolute Gasteiger partial charge is 0.349 e. The third-order valence-electron chi connectivity index (χ3n) is 7.29. The maximum Gasteiger partial charge on any atom is 0.241 e. The summed E-state index contributed by atoms with van der Waals surface area (Å²) < 4.78 is 1.81. The zero-order valence-corrected chi connectivity index (χ0v) is 16.5. The molecule has 1 aromatic rings. The SMILES string of the molecule is Cc1nn(C)c(C)c1[C@H]1[C@H](NC(=O)C2(C#N)CC23CCCC3)CC(=O)N1C. The number of hydrogen-bond donors (Lipinski definition) is 1. The molecule has 1 unspecified atom stereocenters. The van der Waals surface area contributed by atoms with Gasteiger partial charge >= 0.3 is 0 Å². The van der Waals surface area contributed by atoms with Crippen molar-refractivity contribution in [2.45, 2.75) is 64.5 Å². The molecule has 7 heteroatoms. The van der Waals surface area contributed by atoms with E-state index in [9.17, 15) is 14.9 Å². The molecule has 1 aliphatic heterocycles. The first-order valence-corrected chi connectivity index (χ1v) is 9.74. The van der Waals surface area contributed by atoms with Crippen molar-refractivity contribution in [2.24, 2.45) is 17.9 Å². The first kappa shape index (κ1) is 18.0. The topological polar surface area (TPSA) is 91.0 Å². The van der Waals surface area contributed by atoms with Crippen molar-refractivity contribution in [1.29, 1.82) is 5.26 Å². The number of carbonyl (C=O) groups excluding carboxylic acids is 2. The van der Waals surface area contributed by atoms with Gasteiger partial charge < -0.3 is 10.2 Å². The molecule has 27 heavy (non-hydrogen) atoms. The van der Waals surface area contributed by atoms with E-state index in [4.69, 9.17) is 0 Å². The van der Waals surface area contributed by atoms with E-state index in [1.807, 2.05) is 25.6 Å². The summed E-state index contributed by atoms with van der Waals surface area (Å²) in [4.78, 5) is 27.3. The molecule has 0 radical (unpaired) electrons. The molecule has 1 N–H and O–H groups in total. The van der Waals surface area contributed by atoms with Gasteiger partial charge in [-0.3, -0.25) is 14.3 Å². The van der Waals surface area contributed by atoms with Crippen molar-refractivity contribution in [3.8, 4) is 6.07 Å². The summed E-state index contributed by atoms with van der Waals surface area (Å²) in [6.07, 6.45) is 5.03. The van der Waals surface area contributed by atoms with Crippen molar-refractivity contribution in [1.82, 2.24) is 20.0 Å². The van der Waals surface area contributed by atoms with E-state index in [0.717, 1.165) is 42.6 Å². The number of nitriles is 1. The molecule has 2 amide bonds. The van der Waals surface area contributed by atoms with Gasteiger partial charge in [0.2, 0.25) is 11.8 Å². The monoisotopic (exact) mass is 369 g/mol. The van der Waals surface area contributed by atoms with Gasteiger partial charge in [-0.2, -0.15) is 10.4 Å². The second kappa shape index (κ2) is 5.82. The van der Waals surface area contributed by atoms with Crippen LogP contribution in [0, 0.1) is 36.0 Å². The number of nitrogens with one attached hydrogen (secondary N) is 1. The average molecular weight is 369 g/mol. The van der Waals surface area contributed by atoms with Crippen LogP contribution >= 0.6 is 0 Å². The lowest BCUT2D eigenvalue weighted by atomic mass is 9.90. The van der Waals surface area contributed by atoms with Crippen molar-refractivity contribution < 1.29 is 9.59 Å². The van der Waals surface area contributed by atoms with Gasteiger partial charge in [0.05, 0.1) is 23.8 Å². The highest BCUT2D eigenvalue weighted by atomic mass is 16.2. The van der Waals surface area contributed by atoms with Crippen molar-refractivity contribution in [3.05, 3.63) is 17.0 Å². The zero-order chi connectivity index (χ0) is 19.6. The van der Waals surface area contributed by atoms with Crippen LogP contribution in [-0.4, -0.2) is 39.6 Å². The van der Waals surface area contributed by atoms with Crippen LogP contribution in [-0.2, 0) is 16.6 Å². The smallest absolute Gasteiger partial charge is 0.241 e. The second-order valence-electron chi connectivity index (χ2n) is 8.62. The van der Waals surface area contributed by atoms with E-state index < -0.39 is 5.41 Å². The number of rotatable bonds is 3. The number of amides is 2. The third kappa shape index (κ3) is 2.35. The van der Waals surface area contributed by atoms with Gasteiger partial charge in [0, 0.05) is 37.2 Å². The van der Waals surface area contributed by atoms with E-state index in [2.05, 4.69) is 16.5 Å². The van der Waals surface area contributed by atoms with Crippen LogP contribution in [0.25, 0.3) is 0 Å². The van der Waals surface area contributed by atoms with Gasteiger partial charge in [0.1, 0.15) is 5.41 Å². The van der Waals surface area contributed by atoms with Gasteiger partial charge in [-0.15, -0.1) is 0 Å². The Bertz CT molecular complexity index is 860. The first-order chi connectivity index (χ1) is 12.8. The Kier molecular flexibility index (Phi) is 3.88. The van der Waals surface area contributed by atoms with Gasteiger partial charge in [0.15, 0.2) is 0 Å². The molecule has 1 saturated heterocycles. The Labute approximate surface area is 159 Å². The van der Waals surface area contributed by atoms with Gasteiger partial charge in [0.25, 0.3) is 0 Å². The molecule has 1 spiro atoms. The van der Waals surface area contributed by atoms with Crippen LogP contribution in [0.1, 0.15) is 61.5 Å². The summed E-state index contributed by atoms with van der Waals surface area (Å²) in [5.41, 5.74) is 1.82. The normalized spacial score (nSPS) is 31.4. The highest BCUT2D eigenvalue weighted by Crippen LogP contribution is 2.71. The first-order valence-electron chi connectivity index (χ1n) is 9.74. The summed E-state index contributed by atoms with van der Waals surface area (Å²) in [5, 5.41) is 17.4. The summed E-state index contributed by atoms with van der Waals surface area (Å²) in [6, 6.07) is 1.76. The summed E-state index contributed by atoms with van der Waals surface area (Å²) in [6.45, 7) is 3.92. The molecule has 3 aliphatic rings. The molecule has 2 aliphatic carbocycles. The molecule has 2 saturated carbocycles. The molecule has 3 atom stereocenters. The predicted molar refractivity (Wildman–Crippen MR) is 98.3 cm³/mol. The van der Waals surface area contributed by atoms with Gasteiger partial charge in [-0.1, -0.05) is 12.8 Å². The molecule has 0 aromatic carbocycles. The number of likely N-dealkylation sites (N-methyl/N-ethyl adjacent to an activating group) is 1. The summed E-state index contributed by atoms with van der Waals surface area (Å²) >= 11 is 0. The molecule has 144 valence electrons. The standard InChI is InChI=1S/C20H27N5O2/c1-12-16(13(2)25(4)23-12)17-14(9-15(26)24(17)3)22-18(27)20(11-21)10-19(20)7-5-6-8-19/h14,17H,5-10H2,1-4H3,(H,22,27)/t14-,17-,20?/m1/s1. The van der Waals surface area contributed by atoms with Crippen molar-refractivity contribution in [2.75, 3.05) is 7.05 Å². The number of aromatic nitrogens is 2. The lowest BCUT2D eigenvalue weighted by Crippen LogP contribution is -2.44. The second-order valence-corrected chi connectivity index (χ2v) is 8.62. The third-order valence-corrected chi connectivity index (χ3v) is 7.29. The fraction of sp³-hybridized carbons (Fsp3) is 0.700. The number of carbonyl (C=O) groups is 2. The van der Waals surface area contributed by atoms with Gasteiger partial charge in [-0.05, 0) is 33.1 Å². The highest BCUT2D eigenvalue weighted by Gasteiger charge is 2.73. The van der Waals surface area contributed by atoms with Crippen LogP contribution in [0.2, 0.25) is 0 Å². The highest BCUT2D eigenvalue weighted by molar-refractivity contribution is 5.91. The summed E-state index contributed by atoms with van der Waals surface area (Å²) in [7, 11) is 3.66. The average Bonchev–Trinajstić information content (AvgIpc) is 2.82. The molecule has 0 bridgehead atoms. The zero-order valence-electron chi connectivity index (χ0n) is 16.5. The molecule has 2 heterocycles. The van der Waals surface area contributed by atoms with Crippen LogP contribution in [0.5, 0.6) is 0 Å². The molecule has 3 fully saturated rings. The van der Waals surface area contributed by atoms with E-state index >= 15 is 0 Å². The van der Waals surface area contributed by atoms with Gasteiger partial charge in [-0.25, -0.2) is 0 Å². The Hall–Kier alpha value is -2.36. The van der Waals surface area contributed by atoms with Crippen LogP contribution in [0.3, 0.4) is 0 Å². The predicted octanol–water partition coefficient (Wildman–Crippen LogP) is 1.90. The molecular weight excluding hydrogens is 342 g/mol.